The first kappa shape index (κ1) is 13.3. The molecular weight excluding hydrogens is 268 g/mol. The van der Waals surface area contributed by atoms with Crippen LogP contribution in [0.25, 0.3) is 11.8 Å². The van der Waals surface area contributed by atoms with Gasteiger partial charge in [0.05, 0.1) is 5.70 Å². The summed E-state index contributed by atoms with van der Waals surface area (Å²) in [5.41, 5.74) is 6.12. The summed E-state index contributed by atoms with van der Waals surface area (Å²) in [5, 5.41) is 0. The summed E-state index contributed by atoms with van der Waals surface area (Å²) >= 11 is 0. The number of benzene rings is 2. The molecule has 0 aromatic heterocycles. The lowest BCUT2D eigenvalue weighted by molar-refractivity contribution is 0.522. The summed E-state index contributed by atoms with van der Waals surface area (Å²) in [5.74, 6) is 1.16. The van der Waals surface area contributed by atoms with Crippen LogP contribution in [0.1, 0.15) is 35.1 Å². The second-order valence-electron chi connectivity index (χ2n) is 6.12. The van der Waals surface area contributed by atoms with E-state index in [9.17, 15) is 0 Å². The standard InChI is InChI=1S/C20H20N2/c1-15-8-10-16(11-9-15)14-19-17-6-2-3-7-18(17)20(21-19)22-12-4-5-13-22/h2-3,6-11,14H,4-5,12-13H2,1H3/b19-14-. The lowest BCUT2D eigenvalue weighted by Crippen LogP contribution is -2.27. The molecule has 0 atom stereocenters. The topological polar surface area (TPSA) is 15.6 Å². The van der Waals surface area contributed by atoms with Crippen LogP contribution in [0.5, 0.6) is 0 Å². The van der Waals surface area contributed by atoms with Gasteiger partial charge in [-0.05, 0) is 31.4 Å². The molecule has 0 radical (unpaired) electrons. The monoisotopic (exact) mass is 288 g/mol. The number of aryl methyl sites for hydroxylation is 1. The van der Waals surface area contributed by atoms with Crippen LogP contribution in [0.3, 0.4) is 0 Å². The van der Waals surface area contributed by atoms with Gasteiger partial charge in [0.1, 0.15) is 5.84 Å². The number of nitrogens with zero attached hydrogens (tertiary/aromatic N) is 2. The Morgan fingerprint density at radius 2 is 1.59 bits per heavy atom. The highest BCUT2D eigenvalue weighted by Crippen LogP contribution is 2.32. The highest BCUT2D eigenvalue weighted by atomic mass is 15.2. The number of amidine groups is 1. The number of fused-ring (bicyclic) bond motifs is 1. The average Bonchev–Trinajstić information content (AvgIpc) is 3.18. The van der Waals surface area contributed by atoms with E-state index in [0.717, 1.165) is 24.6 Å². The first-order valence-electron chi connectivity index (χ1n) is 8.03. The minimum atomic E-state index is 1.08. The number of likely N-dealkylation sites (tertiary alicyclic amines) is 1. The highest BCUT2D eigenvalue weighted by Gasteiger charge is 2.26. The van der Waals surface area contributed by atoms with Crippen LogP contribution in [-0.2, 0) is 0 Å². The molecular formula is C20H20N2. The van der Waals surface area contributed by atoms with Crippen LogP contribution in [0.4, 0.5) is 0 Å². The molecule has 0 bridgehead atoms. The van der Waals surface area contributed by atoms with E-state index < -0.39 is 0 Å². The van der Waals surface area contributed by atoms with E-state index in [1.165, 1.54) is 35.1 Å². The summed E-state index contributed by atoms with van der Waals surface area (Å²) in [4.78, 5) is 7.38. The molecule has 1 fully saturated rings. The summed E-state index contributed by atoms with van der Waals surface area (Å²) < 4.78 is 0. The zero-order valence-electron chi connectivity index (χ0n) is 12.9. The van der Waals surface area contributed by atoms with Gasteiger partial charge in [-0.2, -0.15) is 0 Å². The van der Waals surface area contributed by atoms with Crippen molar-refractivity contribution in [3.05, 3.63) is 70.8 Å². The van der Waals surface area contributed by atoms with Crippen molar-refractivity contribution < 1.29 is 0 Å². The SMILES string of the molecule is Cc1ccc(/C=C2\N=C(N3CCCC3)c3ccccc32)cc1. The van der Waals surface area contributed by atoms with E-state index in [4.69, 9.17) is 4.99 Å². The lowest BCUT2D eigenvalue weighted by Gasteiger charge is -2.17. The molecule has 110 valence electrons. The molecule has 2 aromatic rings. The highest BCUT2D eigenvalue weighted by molar-refractivity contribution is 6.12. The Bertz CT molecular complexity index is 748. The Balaban J connectivity index is 1.77. The van der Waals surface area contributed by atoms with Gasteiger partial charge in [-0.1, -0.05) is 54.1 Å². The Morgan fingerprint density at radius 3 is 2.32 bits per heavy atom. The third-order valence-electron chi connectivity index (χ3n) is 4.46. The van der Waals surface area contributed by atoms with Crippen molar-refractivity contribution in [2.75, 3.05) is 13.1 Å². The average molecular weight is 288 g/mol. The van der Waals surface area contributed by atoms with E-state index in [1.807, 2.05) is 0 Å². The molecule has 0 unspecified atom stereocenters. The van der Waals surface area contributed by atoms with E-state index >= 15 is 0 Å². The molecule has 2 aliphatic heterocycles. The van der Waals surface area contributed by atoms with Gasteiger partial charge in [-0.15, -0.1) is 0 Å². The number of aliphatic imine (C=N–C) groups is 1. The first-order chi connectivity index (χ1) is 10.8. The van der Waals surface area contributed by atoms with Gasteiger partial charge < -0.3 is 4.90 Å². The molecule has 1 saturated heterocycles. The van der Waals surface area contributed by atoms with Gasteiger partial charge in [0.15, 0.2) is 0 Å². The van der Waals surface area contributed by atoms with Crippen LogP contribution in [-0.4, -0.2) is 23.8 Å². The summed E-state index contributed by atoms with van der Waals surface area (Å²) in [6.07, 6.45) is 4.75. The van der Waals surface area contributed by atoms with Gasteiger partial charge in [-0.3, -0.25) is 0 Å². The number of hydrogen-bond acceptors (Lipinski definition) is 2. The Morgan fingerprint density at radius 1 is 0.909 bits per heavy atom. The van der Waals surface area contributed by atoms with E-state index in [0.29, 0.717) is 0 Å². The van der Waals surface area contributed by atoms with Crippen molar-refractivity contribution in [2.24, 2.45) is 4.99 Å². The normalized spacial score (nSPS) is 18.7. The minimum Gasteiger partial charge on any atom is -0.356 e. The molecule has 0 aliphatic carbocycles. The molecule has 2 aliphatic rings. The quantitative estimate of drug-likeness (QED) is 0.761. The number of hydrogen-bond donors (Lipinski definition) is 0. The molecule has 0 saturated carbocycles. The molecule has 0 amide bonds. The Labute approximate surface area is 131 Å². The molecule has 0 spiro atoms. The van der Waals surface area contributed by atoms with E-state index in [2.05, 4.69) is 66.4 Å². The third-order valence-corrected chi connectivity index (χ3v) is 4.46. The fraction of sp³-hybridized carbons (Fsp3) is 0.250. The van der Waals surface area contributed by atoms with Crippen molar-refractivity contribution in [1.29, 1.82) is 0 Å². The predicted molar refractivity (Wildman–Crippen MR) is 92.8 cm³/mol. The molecule has 0 N–H and O–H groups in total. The summed E-state index contributed by atoms with van der Waals surface area (Å²) in [6.45, 7) is 4.38. The van der Waals surface area contributed by atoms with Crippen LogP contribution >= 0.6 is 0 Å². The first-order valence-corrected chi connectivity index (χ1v) is 8.03. The number of rotatable bonds is 1. The largest absolute Gasteiger partial charge is 0.356 e. The van der Waals surface area contributed by atoms with Crippen LogP contribution < -0.4 is 0 Å². The summed E-state index contributed by atoms with van der Waals surface area (Å²) in [7, 11) is 0. The van der Waals surface area contributed by atoms with Crippen molar-refractivity contribution >= 4 is 17.6 Å². The van der Waals surface area contributed by atoms with Crippen molar-refractivity contribution in [3.63, 3.8) is 0 Å². The van der Waals surface area contributed by atoms with Crippen LogP contribution in [0, 0.1) is 6.92 Å². The lowest BCUT2D eigenvalue weighted by atomic mass is 10.0. The molecule has 2 heteroatoms. The zero-order valence-corrected chi connectivity index (χ0v) is 12.9. The van der Waals surface area contributed by atoms with Crippen LogP contribution in [0.15, 0.2) is 53.5 Å². The van der Waals surface area contributed by atoms with Crippen molar-refractivity contribution in [3.8, 4) is 0 Å². The third kappa shape index (κ3) is 2.35. The second-order valence-corrected chi connectivity index (χ2v) is 6.12. The maximum Gasteiger partial charge on any atom is 0.137 e. The Hall–Kier alpha value is -2.35. The minimum absolute atomic E-state index is 1.08. The van der Waals surface area contributed by atoms with Gasteiger partial charge in [0, 0.05) is 24.2 Å². The van der Waals surface area contributed by atoms with Gasteiger partial charge in [-0.25, -0.2) is 4.99 Å². The predicted octanol–water partition coefficient (Wildman–Crippen LogP) is 4.35. The molecule has 2 heterocycles. The van der Waals surface area contributed by atoms with Gasteiger partial charge in [0.25, 0.3) is 0 Å². The maximum absolute atomic E-state index is 4.96. The Kier molecular flexibility index (Phi) is 3.30. The second kappa shape index (κ2) is 5.45. The van der Waals surface area contributed by atoms with E-state index in [-0.39, 0.29) is 0 Å². The molecule has 4 rings (SSSR count). The van der Waals surface area contributed by atoms with Crippen molar-refractivity contribution in [2.45, 2.75) is 19.8 Å². The van der Waals surface area contributed by atoms with Gasteiger partial charge >= 0.3 is 0 Å². The van der Waals surface area contributed by atoms with Crippen molar-refractivity contribution in [1.82, 2.24) is 4.90 Å². The fourth-order valence-corrected chi connectivity index (χ4v) is 3.24. The van der Waals surface area contributed by atoms with Crippen LogP contribution in [0.2, 0.25) is 0 Å². The molecule has 2 aromatic carbocycles. The summed E-state index contributed by atoms with van der Waals surface area (Å²) in [6, 6.07) is 17.2. The smallest absolute Gasteiger partial charge is 0.137 e. The molecule has 2 nitrogen and oxygen atoms in total. The zero-order chi connectivity index (χ0) is 14.9. The van der Waals surface area contributed by atoms with Gasteiger partial charge in [0.2, 0.25) is 0 Å². The maximum atomic E-state index is 4.96. The van der Waals surface area contributed by atoms with E-state index in [1.54, 1.807) is 0 Å². The fourth-order valence-electron chi connectivity index (χ4n) is 3.24. The molecule has 22 heavy (non-hydrogen) atoms.